The van der Waals surface area contributed by atoms with Crippen molar-refractivity contribution in [3.8, 4) is 10.6 Å². The SMILES string of the molecule is Cc1nn(C)c2nc(-c3cccs3)cc(C(=O)N3CCCCC3C)c12. The number of hydrogen-bond acceptors (Lipinski definition) is 4. The van der Waals surface area contributed by atoms with E-state index in [1.807, 2.05) is 42.5 Å². The van der Waals surface area contributed by atoms with Crippen molar-refractivity contribution in [1.82, 2.24) is 19.7 Å². The van der Waals surface area contributed by atoms with E-state index in [0.29, 0.717) is 0 Å². The van der Waals surface area contributed by atoms with E-state index in [1.54, 1.807) is 16.0 Å². The highest BCUT2D eigenvalue weighted by atomic mass is 32.1. The number of thiophene rings is 1. The summed E-state index contributed by atoms with van der Waals surface area (Å²) in [5, 5.41) is 7.42. The minimum atomic E-state index is 0.105. The second-order valence-corrected chi connectivity index (χ2v) is 7.73. The summed E-state index contributed by atoms with van der Waals surface area (Å²) in [6.45, 7) is 4.93. The van der Waals surface area contributed by atoms with Gasteiger partial charge in [-0.15, -0.1) is 11.3 Å². The lowest BCUT2D eigenvalue weighted by Gasteiger charge is -2.33. The number of carbonyl (C=O) groups is 1. The molecular weight excluding hydrogens is 332 g/mol. The molecule has 130 valence electrons. The quantitative estimate of drug-likeness (QED) is 0.698. The topological polar surface area (TPSA) is 51.0 Å². The summed E-state index contributed by atoms with van der Waals surface area (Å²) in [6.07, 6.45) is 3.35. The first-order valence-corrected chi connectivity index (χ1v) is 9.63. The minimum Gasteiger partial charge on any atom is -0.336 e. The molecule has 5 nitrogen and oxygen atoms in total. The first-order valence-electron chi connectivity index (χ1n) is 8.75. The highest BCUT2D eigenvalue weighted by molar-refractivity contribution is 7.13. The van der Waals surface area contributed by atoms with Gasteiger partial charge in [0.1, 0.15) is 0 Å². The third-order valence-corrected chi connectivity index (χ3v) is 5.93. The summed E-state index contributed by atoms with van der Waals surface area (Å²) < 4.78 is 1.78. The fraction of sp³-hybridized carbons (Fsp3) is 0.421. The molecule has 1 unspecified atom stereocenters. The van der Waals surface area contributed by atoms with Crippen LogP contribution in [0.5, 0.6) is 0 Å². The number of rotatable bonds is 2. The van der Waals surface area contributed by atoms with Crippen LogP contribution in [0.3, 0.4) is 0 Å². The Morgan fingerprint density at radius 2 is 2.20 bits per heavy atom. The summed E-state index contributed by atoms with van der Waals surface area (Å²) in [5.41, 5.74) is 3.21. The van der Waals surface area contributed by atoms with Crippen LogP contribution in [0.2, 0.25) is 0 Å². The first kappa shape index (κ1) is 16.3. The van der Waals surface area contributed by atoms with Gasteiger partial charge in [0.25, 0.3) is 5.91 Å². The van der Waals surface area contributed by atoms with E-state index in [-0.39, 0.29) is 11.9 Å². The molecule has 3 aromatic rings. The van der Waals surface area contributed by atoms with Crippen LogP contribution in [0.4, 0.5) is 0 Å². The Kier molecular flexibility index (Phi) is 4.07. The van der Waals surface area contributed by atoms with E-state index in [2.05, 4.69) is 12.0 Å². The summed E-state index contributed by atoms with van der Waals surface area (Å²) in [6, 6.07) is 6.28. The Hall–Kier alpha value is -2.21. The molecule has 1 amide bonds. The Bertz CT molecular complexity index is 929. The number of aromatic nitrogens is 3. The van der Waals surface area contributed by atoms with Gasteiger partial charge >= 0.3 is 0 Å². The number of carbonyl (C=O) groups excluding carboxylic acids is 1. The fourth-order valence-electron chi connectivity index (χ4n) is 3.72. The standard InChI is InChI=1S/C19H22N4OS/c1-12-7-4-5-9-23(12)19(24)14-11-15(16-8-6-10-25-16)20-18-17(14)13(2)21-22(18)3/h6,8,10-12H,4-5,7,9H2,1-3H3. The highest BCUT2D eigenvalue weighted by Gasteiger charge is 2.28. The van der Waals surface area contributed by atoms with Gasteiger partial charge in [-0.2, -0.15) is 5.10 Å². The molecule has 1 aliphatic rings. The monoisotopic (exact) mass is 354 g/mol. The van der Waals surface area contributed by atoms with Crippen LogP contribution in [0.1, 0.15) is 42.2 Å². The van der Waals surface area contributed by atoms with Gasteiger partial charge in [0.15, 0.2) is 5.65 Å². The molecule has 1 aliphatic heterocycles. The molecule has 0 N–H and O–H groups in total. The van der Waals surface area contributed by atoms with Crippen molar-refractivity contribution in [3.05, 3.63) is 34.8 Å². The molecule has 0 saturated carbocycles. The van der Waals surface area contributed by atoms with Crippen LogP contribution in [0.25, 0.3) is 21.6 Å². The average molecular weight is 354 g/mol. The summed E-state index contributed by atoms with van der Waals surface area (Å²) in [4.78, 5) is 21.2. The number of amides is 1. The van der Waals surface area contributed by atoms with Crippen LogP contribution in [-0.2, 0) is 7.05 Å². The maximum Gasteiger partial charge on any atom is 0.254 e. The van der Waals surface area contributed by atoms with Crippen molar-refractivity contribution >= 4 is 28.3 Å². The Labute approximate surface area is 151 Å². The van der Waals surface area contributed by atoms with Crippen molar-refractivity contribution in [2.24, 2.45) is 7.05 Å². The maximum atomic E-state index is 13.4. The van der Waals surface area contributed by atoms with Gasteiger partial charge in [-0.05, 0) is 50.6 Å². The zero-order valence-electron chi connectivity index (χ0n) is 14.8. The van der Waals surface area contributed by atoms with Gasteiger partial charge in [-0.1, -0.05) is 6.07 Å². The maximum absolute atomic E-state index is 13.4. The number of fused-ring (bicyclic) bond motifs is 1. The molecule has 1 saturated heterocycles. The molecule has 4 heterocycles. The number of hydrogen-bond donors (Lipinski definition) is 0. The molecule has 4 rings (SSSR count). The van der Waals surface area contributed by atoms with Crippen LogP contribution >= 0.6 is 11.3 Å². The van der Waals surface area contributed by atoms with E-state index in [9.17, 15) is 4.79 Å². The molecule has 3 aromatic heterocycles. The van der Waals surface area contributed by atoms with Crippen molar-refractivity contribution in [2.45, 2.75) is 39.2 Å². The van der Waals surface area contributed by atoms with E-state index >= 15 is 0 Å². The molecule has 25 heavy (non-hydrogen) atoms. The Morgan fingerprint density at radius 1 is 1.36 bits per heavy atom. The van der Waals surface area contributed by atoms with Crippen LogP contribution in [-0.4, -0.2) is 38.2 Å². The van der Waals surface area contributed by atoms with Gasteiger partial charge < -0.3 is 4.90 Å². The summed E-state index contributed by atoms with van der Waals surface area (Å²) >= 11 is 1.64. The van der Waals surface area contributed by atoms with Gasteiger partial charge in [-0.3, -0.25) is 9.48 Å². The second kappa shape index (κ2) is 6.26. The normalized spacial score (nSPS) is 18.0. The summed E-state index contributed by atoms with van der Waals surface area (Å²) in [5.74, 6) is 0.105. The smallest absolute Gasteiger partial charge is 0.254 e. The van der Waals surface area contributed by atoms with Crippen LogP contribution < -0.4 is 0 Å². The molecule has 0 aliphatic carbocycles. The summed E-state index contributed by atoms with van der Waals surface area (Å²) in [7, 11) is 1.89. The molecule has 1 atom stereocenters. The lowest BCUT2D eigenvalue weighted by Crippen LogP contribution is -2.42. The first-order chi connectivity index (χ1) is 12.1. The van der Waals surface area contributed by atoms with Crippen molar-refractivity contribution in [1.29, 1.82) is 0 Å². The second-order valence-electron chi connectivity index (χ2n) is 6.78. The predicted molar refractivity (Wildman–Crippen MR) is 101 cm³/mol. The lowest BCUT2D eigenvalue weighted by molar-refractivity contribution is 0.0637. The molecule has 0 aromatic carbocycles. The third-order valence-electron chi connectivity index (χ3n) is 5.04. The number of piperidine rings is 1. The molecular formula is C19H22N4OS. The molecule has 1 fully saturated rings. The van der Waals surface area contributed by atoms with E-state index in [4.69, 9.17) is 4.98 Å². The number of nitrogens with zero attached hydrogens (tertiary/aromatic N) is 4. The minimum absolute atomic E-state index is 0.105. The third kappa shape index (κ3) is 2.74. The average Bonchev–Trinajstić information content (AvgIpc) is 3.23. The lowest BCUT2D eigenvalue weighted by atomic mass is 10.0. The van der Waals surface area contributed by atoms with Crippen LogP contribution in [0, 0.1) is 6.92 Å². The van der Waals surface area contributed by atoms with Gasteiger partial charge in [-0.25, -0.2) is 4.98 Å². The van der Waals surface area contributed by atoms with Crippen molar-refractivity contribution in [3.63, 3.8) is 0 Å². The van der Waals surface area contributed by atoms with Crippen molar-refractivity contribution in [2.75, 3.05) is 6.54 Å². The Balaban J connectivity index is 1.90. The fourth-order valence-corrected chi connectivity index (χ4v) is 4.40. The number of likely N-dealkylation sites (tertiary alicyclic amines) is 1. The predicted octanol–water partition coefficient (Wildman–Crippen LogP) is 4.02. The molecule has 0 bridgehead atoms. The zero-order chi connectivity index (χ0) is 17.6. The van der Waals surface area contributed by atoms with Gasteiger partial charge in [0, 0.05) is 19.6 Å². The Morgan fingerprint density at radius 3 is 2.92 bits per heavy atom. The number of aryl methyl sites for hydroxylation is 2. The van der Waals surface area contributed by atoms with Crippen LogP contribution in [0.15, 0.2) is 23.6 Å². The van der Waals surface area contributed by atoms with E-state index in [0.717, 1.165) is 52.2 Å². The number of pyridine rings is 1. The van der Waals surface area contributed by atoms with Gasteiger partial charge in [0.05, 0.1) is 27.2 Å². The highest BCUT2D eigenvalue weighted by Crippen LogP contribution is 2.31. The molecule has 6 heteroatoms. The van der Waals surface area contributed by atoms with Crippen molar-refractivity contribution < 1.29 is 4.79 Å². The molecule has 0 spiro atoms. The van der Waals surface area contributed by atoms with E-state index < -0.39 is 0 Å². The van der Waals surface area contributed by atoms with Gasteiger partial charge in [0.2, 0.25) is 0 Å². The zero-order valence-corrected chi connectivity index (χ0v) is 15.6. The molecule has 0 radical (unpaired) electrons. The largest absolute Gasteiger partial charge is 0.336 e. The van der Waals surface area contributed by atoms with E-state index in [1.165, 1.54) is 6.42 Å².